The van der Waals surface area contributed by atoms with Gasteiger partial charge in [-0.2, -0.15) is 0 Å². The zero-order valence-corrected chi connectivity index (χ0v) is 18.1. The van der Waals surface area contributed by atoms with Crippen molar-refractivity contribution in [3.8, 4) is 0 Å². The summed E-state index contributed by atoms with van der Waals surface area (Å²) in [6.45, 7) is 3.67. The lowest BCUT2D eigenvalue weighted by molar-refractivity contribution is 0.196. The van der Waals surface area contributed by atoms with Crippen molar-refractivity contribution in [3.05, 3.63) is 58.9 Å². The van der Waals surface area contributed by atoms with Gasteiger partial charge in [0.2, 0.25) is 0 Å². The lowest BCUT2D eigenvalue weighted by Crippen LogP contribution is -2.48. The molecule has 3 heterocycles. The molecule has 3 aliphatic heterocycles. The molecule has 2 aliphatic carbocycles. The van der Waals surface area contributed by atoms with E-state index in [2.05, 4.69) is 22.4 Å². The maximum absolute atomic E-state index is 13.7. The zero-order valence-electron chi connectivity index (χ0n) is 18.1. The van der Waals surface area contributed by atoms with Crippen molar-refractivity contribution >= 4 is 6.02 Å². The van der Waals surface area contributed by atoms with E-state index in [-0.39, 0.29) is 17.9 Å². The minimum absolute atomic E-state index is 0.0575. The molecule has 4 nitrogen and oxygen atoms in total. The molecule has 6 rings (SSSR count). The van der Waals surface area contributed by atoms with Gasteiger partial charge in [-0.1, -0.05) is 42.7 Å². The van der Waals surface area contributed by atoms with E-state index in [4.69, 9.17) is 9.73 Å². The molecule has 1 N–H and O–H groups in total. The van der Waals surface area contributed by atoms with Gasteiger partial charge >= 0.3 is 0 Å². The highest BCUT2D eigenvalue weighted by atomic mass is 19.1. The van der Waals surface area contributed by atoms with Crippen LogP contribution in [0.15, 0.2) is 52.6 Å². The molecule has 0 radical (unpaired) electrons. The topological polar surface area (TPSA) is 36.9 Å². The van der Waals surface area contributed by atoms with E-state index < -0.39 is 0 Å². The number of allylic oxidation sites excluding steroid dienone is 1. The highest BCUT2D eigenvalue weighted by molar-refractivity contribution is 5.77. The van der Waals surface area contributed by atoms with Crippen molar-refractivity contribution in [3.63, 3.8) is 0 Å². The molecular weight excluding hydrogens is 389 g/mol. The molecule has 0 bridgehead atoms. The van der Waals surface area contributed by atoms with Gasteiger partial charge in [-0.05, 0) is 60.8 Å². The monoisotopic (exact) mass is 421 g/mol. The highest BCUT2D eigenvalue weighted by Crippen LogP contribution is 2.45. The molecule has 1 saturated carbocycles. The van der Waals surface area contributed by atoms with Crippen molar-refractivity contribution in [1.82, 2.24) is 10.2 Å². The largest absolute Gasteiger partial charge is 0.463 e. The van der Waals surface area contributed by atoms with Gasteiger partial charge in [0.1, 0.15) is 12.4 Å². The maximum atomic E-state index is 13.7. The van der Waals surface area contributed by atoms with Crippen LogP contribution < -0.4 is 5.32 Å². The van der Waals surface area contributed by atoms with Crippen molar-refractivity contribution in [2.45, 2.75) is 50.6 Å². The van der Waals surface area contributed by atoms with Gasteiger partial charge < -0.3 is 15.0 Å². The summed E-state index contributed by atoms with van der Waals surface area (Å²) in [5.41, 5.74) is 4.09. The van der Waals surface area contributed by atoms with Gasteiger partial charge in [0.25, 0.3) is 6.02 Å². The smallest absolute Gasteiger partial charge is 0.288 e. The number of hydrogen-bond donors (Lipinski definition) is 1. The van der Waals surface area contributed by atoms with Crippen molar-refractivity contribution < 1.29 is 9.13 Å². The Bertz CT molecular complexity index is 911. The molecule has 1 aromatic carbocycles. The number of halogens is 1. The van der Waals surface area contributed by atoms with Crippen LogP contribution in [0.4, 0.5) is 4.39 Å². The Morgan fingerprint density at radius 3 is 2.61 bits per heavy atom. The van der Waals surface area contributed by atoms with Crippen LogP contribution in [0.3, 0.4) is 0 Å². The van der Waals surface area contributed by atoms with E-state index in [0.29, 0.717) is 18.4 Å². The van der Waals surface area contributed by atoms with Crippen LogP contribution in [0.5, 0.6) is 0 Å². The zero-order chi connectivity index (χ0) is 20.8. The molecule has 164 valence electrons. The first-order valence-corrected chi connectivity index (χ1v) is 12.1. The fourth-order valence-electron chi connectivity index (χ4n) is 6.18. The first kappa shape index (κ1) is 19.5. The molecule has 0 aromatic heterocycles. The van der Waals surface area contributed by atoms with E-state index in [0.717, 1.165) is 43.6 Å². The average molecular weight is 422 g/mol. The van der Waals surface area contributed by atoms with Crippen LogP contribution in [0.25, 0.3) is 0 Å². The second-order valence-corrected chi connectivity index (χ2v) is 9.94. The van der Waals surface area contributed by atoms with E-state index in [9.17, 15) is 4.39 Å². The standard InChI is InChI=1S/C26H32FN3O/c27-22-8-5-18(6-9-22)25-23-10-7-19(17-3-1-2-4-17)13-20(23)11-12-30(25)26-29-24(16-31-26)21-14-28-15-21/h5-10,17,19,21,24-25,28H,1-4,11-16H2/t19?,24-,25-/m0/s1. The second-order valence-electron chi connectivity index (χ2n) is 9.94. The maximum Gasteiger partial charge on any atom is 0.288 e. The number of hydrogen-bond acceptors (Lipinski definition) is 4. The summed E-state index contributed by atoms with van der Waals surface area (Å²) < 4.78 is 19.8. The summed E-state index contributed by atoms with van der Waals surface area (Å²) in [6, 6.07) is 8.12. The van der Waals surface area contributed by atoms with E-state index in [1.807, 2.05) is 12.1 Å². The SMILES string of the molecule is Fc1ccc([C@H]2C3=C(CCN2C2=N[C@H](C4CNC4)CO2)CC(C2CCCC2)C=C3)cc1. The third-order valence-electron chi connectivity index (χ3n) is 8.13. The molecule has 1 saturated heterocycles. The molecule has 0 amide bonds. The van der Waals surface area contributed by atoms with Gasteiger partial charge in [-0.15, -0.1) is 0 Å². The molecular formula is C26H32FN3O. The van der Waals surface area contributed by atoms with Crippen LogP contribution in [0.1, 0.15) is 50.1 Å². The van der Waals surface area contributed by atoms with Crippen LogP contribution in [-0.2, 0) is 4.74 Å². The fourth-order valence-corrected chi connectivity index (χ4v) is 6.18. The van der Waals surface area contributed by atoms with Crippen molar-refractivity contribution in [2.75, 3.05) is 26.2 Å². The third-order valence-corrected chi connectivity index (χ3v) is 8.13. The number of amidine groups is 1. The highest BCUT2D eigenvalue weighted by Gasteiger charge is 2.39. The summed E-state index contributed by atoms with van der Waals surface area (Å²) in [6.07, 6.45) is 12.6. The van der Waals surface area contributed by atoms with Gasteiger partial charge in [0, 0.05) is 25.6 Å². The molecule has 0 spiro atoms. The summed E-state index contributed by atoms with van der Waals surface area (Å²) in [7, 11) is 0. The second kappa shape index (κ2) is 8.09. The Labute approximate surface area is 184 Å². The molecule has 5 aliphatic rings. The molecule has 1 unspecified atom stereocenters. The third kappa shape index (κ3) is 3.61. The Morgan fingerprint density at radius 2 is 1.87 bits per heavy atom. The van der Waals surface area contributed by atoms with Crippen LogP contribution in [0.2, 0.25) is 0 Å². The minimum Gasteiger partial charge on any atom is -0.463 e. The van der Waals surface area contributed by atoms with Crippen molar-refractivity contribution in [1.29, 1.82) is 0 Å². The quantitative estimate of drug-likeness (QED) is 0.774. The number of ether oxygens (including phenoxy) is 1. The number of nitrogens with one attached hydrogen (secondary N) is 1. The Hall–Kier alpha value is -2.14. The molecule has 31 heavy (non-hydrogen) atoms. The Balaban J connectivity index is 1.31. The van der Waals surface area contributed by atoms with Gasteiger partial charge in [0.15, 0.2) is 0 Å². The Morgan fingerprint density at radius 1 is 1.06 bits per heavy atom. The number of rotatable bonds is 3. The van der Waals surface area contributed by atoms with Crippen molar-refractivity contribution in [2.24, 2.45) is 22.7 Å². The molecule has 3 atom stereocenters. The van der Waals surface area contributed by atoms with Crippen LogP contribution >= 0.6 is 0 Å². The van der Waals surface area contributed by atoms with Gasteiger partial charge in [0.05, 0.1) is 12.1 Å². The average Bonchev–Trinajstić information content (AvgIpc) is 3.45. The molecule has 2 fully saturated rings. The predicted molar refractivity (Wildman–Crippen MR) is 120 cm³/mol. The van der Waals surface area contributed by atoms with Crippen LogP contribution in [-0.4, -0.2) is 43.2 Å². The lowest BCUT2D eigenvalue weighted by Gasteiger charge is -2.41. The summed E-state index contributed by atoms with van der Waals surface area (Å²) in [5.74, 6) is 1.94. The summed E-state index contributed by atoms with van der Waals surface area (Å²) >= 11 is 0. The lowest BCUT2D eigenvalue weighted by atomic mass is 9.76. The van der Waals surface area contributed by atoms with Gasteiger partial charge in [-0.25, -0.2) is 9.38 Å². The van der Waals surface area contributed by atoms with E-state index in [1.54, 1.807) is 17.7 Å². The molecule has 5 heteroatoms. The summed E-state index contributed by atoms with van der Waals surface area (Å²) in [4.78, 5) is 7.33. The normalized spacial score (nSPS) is 31.5. The minimum atomic E-state index is -0.187. The number of benzene rings is 1. The van der Waals surface area contributed by atoms with Crippen LogP contribution in [0, 0.1) is 23.6 Å². The first-order chi connectivity index (χ1) is 15.3. The summed E-state index contributed by atoms with van der Waals surface area (Å²) in [5, 5.41) is 3.35. The first-order valence-electron chi connectivity index (χ1n) is 12.1. The van der Waals surface area contributed by atoms with Gasteiger partial charge in [-0.3, -0.25) is 0 Å². The Kier molecular flexibility index (Phi) is 5.10. The number of aliphatic imine (C=N–C) groups is 1. The van der Waals surface area contributed by atoms with E-state index >= 15 is 0 Å². The van der Waals surface area contributed by atoms with E-state index in [1.165, 1.54) is 37.7 Å². The molecule has 1 aromatic rings. The fraction of sp³-hybridized carbons (Fsp3) is 0.577. The number of nitrogens with zero attached hydrogens (tertiary/aromatic N) is 2. The predicted octanol–water partition coefficient (Wildman–Crippen LogP) is 4.61.